The van der Waals surface area contributed by atoms with Crippen LogP contribution in [0, 0.1) is 0 Å². The Balaban J connectivity index is 1.59. The Kier molecular flexibility index (Phi) is 4.39. The van der Waals surface area contributed by atoms with Crippen molar-refractivity contribution < 1.29 is 22.7 Å². The van der Waals surface area contributed by atoms with Crippen LogP contribution in [-0.2, 0) is 11.0 Å². The fourth-order valence-electron chi connectivity index (χ4n) is 3.58. The number of rotatable bonds is 2. The van der Waals surface area contributed by atoms with Crippen molar-refractivity contribution in [1.29, 1.82) is 0 Å². The first-order valence-corrected chi connectivity index (χ1v) is 9.98. The van der Waals surface area contributed by atoms with Crippen LogP contribution in [0.4, 0.5) is 18.9 Å². The quantitative estimate of drug-likeness (QED) is 0.630. The molecule has 2 aliphatic heterocycles. The first-order chi connectivity index (χ1) is 14.4. The van der Waals surface area contributed by atoms with E-state index in [0.717, 1.165) is 22.0 Å². The zero-order chi connectivity index (χ0) is 20.9. The van der Waals surface area contributed by atoms with E-state index < -0.39 is 17.9 Å². The topological polar surface area (TPSA) is 68.2 Å². The highest BCUT2D eigenvalue weighted by atomic mass is 32.2. The molecule has 2 aliphatic rings. The van der Waals surface area contributed by atoms with E-state index in [4.69, 9.17) is 4.74 Å². The van der Waals surface area contributed by atoms with Crippen molar-refractivity contribution >= 4 is 23.4 Å². The molecule has 3 aromatic rings. The van der Waals surface area contributed by atoms with E-state index in [1.165, 1.54) is 11.8 Å². The molecule has 3 heterocycles. The highest BCUT2D eigenvalue weighted by molar-refractivity contribution is 7.99. The molecule has 0 spiro atoms. The molecular weight excluding hydrogens is 417 g/mol. The van der Waals surface area contributed by atoms with Gasteiger partial charge in [0.15, 0.2) is 17.5 Å². The summed E-state index contributed by atoms with van der Waals surface area (Å²) in [6, 6.07) is 14.2. The number of nitrogens with one attached hydrogen (secondary N) is 2. The van der Waals surface area contributed by atoms with E-state index in [-0.39, 0.29) is 22.9 Å². The first kappa shape index (κ1) is 18.9. The number of imidazole rings is 1. The molecule has 2 aromatic carbocycles. The van der Waals surface area contributed by atoms with Crippen molar-refractivity contribution in [1.82, 2.24) is 9.66 Å². The third-order valence-electron chi connectivity index (χ3n) is 4.95. The molecule has 2 N–H and O–H groups in total. The van der Waals surface area contributed by atoms with Crippen LogP contribution in [0.5, 0.6) is 5.75 Å². The van der Waals surface area contributed by atoms with Crippen molar-refractivity contribution in [2.75, 3.05) is 17.3 Å². The number of alkyl halides is 3. The molecule has 154 valence electrons. The number of amides is 1. The average Bonchev–Trinajstić information content (AvgIpc) is 3.16. The predicted octanol–water partition coefficient (Wildman–Crippen LogP) is 4.36. The van der Waals surface area contributed by atoms with Gasteiger partial charge in [0.1, 0.15) is 5.75 Å². The van der Waals surface area contributed by atoms with Gasteiger partial charge >= 0.3 is 6.18 Å². The maximum atomic E-state index is 13.4. The van der Waals surface area contributed by atoms with Crippen LogP contribution in [0.1, 0.15) is 28.1 Å². The Morgan fingerprint density at radius 1 is 1.13 bits per heavy atom. The Hall–Kier alpha value is -3.14. The van der Waals surface area contributed by atoms with Crippen LogP contribution < -0.4 is 15.5 Å². The third kappa shape index (κ3) is 3.26. The highest BCUT2D eigenvalue weighted by Gasteiger charge is 2.41. The van der Waals surface area contributed by atoms with Crippen molar-refractivity contribution in [3.8, 4) is 5.75 Å². The van der Waals surface area contributed by atoms with E-state index in [2.05, 4.69) is 15.7 Å². The number of anilines is 1. The van der Waals surface area contributed by atoms with Gasteiger partial charge in [-0.3, -0.25) is 4.79 Å². The number of hydrogen-bond acceptors (Lipinski definition) is 5. The zero-order valence-electron chi connectivity index (χ0n) is 15.3. The standard InChI is InChI=1S/C20H15F3N4O2S/c21-20(22,23)15-9-24-19-27(15)26-17(11-4-2-1-3-5-11)18(30-19)12-6-7-14-13(8-12)25-16(28)10-29-14/h1-9,17-18,26H,10H2,(H,25,28). The Bertz CT molecular complexity index is 1120. The SMILES string of the molecule is O=C1COc2ccc(C3Sc4ncc(C(F)(F)F)n4NC3c3ccccc3)cc2N1. The highest BCUT2D eigenvalue weighted by Crippen LogP contribution is 2.49. The van der Waals surface area contributed by atoms with Gasteiger partial charge in [0.2, 0.25) is 0 Å². The summed E-state index contributed by atoms with van der Waals surface area (Å²) in [5.74, 6) is 0.309. The van der Waals surface area contributed by atoms with Crippen LogP contribution in [-0.4, -0.2) is 22.2 Å². The molecule has 0 fully saturated rings. The van der Waals surface area contributed by atoms with Crippen molar-refractivity contribution in [2.45, 2.75) is 22.6 Å². The minimum atomic E-state index is -4.53. The van der Waals surface area contributed by atoms with E-state index in [1.807, 2.05) is 36.4 Å². The summed E-state index contributed by atoms with van der Waals surface area (Å²) >= 11 is 1.24. The van der Waals surface area contributed by atoms with E-state index in [1.54, 1.807) is 12.1 Å². The lowest BCUT2D eigenvalue weighted by molar-refractivity contribution is -0.143. The minimum absolute atomic E-state index is 0.0453. The third-order valence-corrected chi connectivity index (χ3v) is 6.24. The maximum Gasteiger partial charge on any atom is 0.434 e. The number of ether oxygens (including phenoxy) is 1. The van der Waals surface area contributed by atoms with Gasteiger partial charge in [-0.1, -0.05) is 48.2 Å². The lowest BCUT2D eigenvalue weighted by Gasteiger charge is -2.35. The van der Waals surface area contributed by atoms with Gasteiger partial charge in [-0.25, -0.2) is 9.66 Å². The number of hydrogen-bond donors (Lipinski definition) is 2. The zero-order valence-corrected chi connectivity index (χ0v) is 16.1. The fraction of sp³-hybridized carbons (Fsp3) is 0.200. The number of fused-ring (bicyclic) bond motifs is 2. The molecule has 0 bridgehead atoms. The molecular formula is C20H15F3N4O2S. The average molecular weight is 432 g/mol. The van der Waals surface area contributed by atoms with E-state index >= 15 is 0 Å². The molecule has 5 rings (SSSR count). The summed E-state index contributed by atoms with van der Waals surface area (Å²) in [5.41, 5.74) is 4.35. The molecule has 0 saturated carbocycles. The Morgan fingerprint density at radius 2 is 1.93 bits per heavy atom. The number of nitrogens with zero attached hydrogens (tertiary/aromatic N) is 2. The largest absolute Gasteiger partial charge is 0.482 e. The summed E-state index contributed by atoms with van der Waals surface area (Å²) in [4.78, 5) is 15.7. The van der Waals surface area contributed by atoms with Crippen LogP contribution >= 0.6 is 11.8 Å². The van der Waals surface area contributed by atoms with Crippen LogP contribution in [0.3, 0.4) is 0 Å². The van der Waals surface area contributed by atoms with Crippen LogP contribution in [0.25, 0.3) is 0 Å². The second kappa shape index (κ2) is 6.98. The summed E-state index contributed by atoms with van der Waals surface area (Å²) in [6.07, 6.45) is -3.69. The second-order valence-corrected chi connectivity index (χ2v) is 8.02. The van der Waals surface area contributed by atoms with Crippen LogP contribution in [0.2, 0.25) is 0 Å². The maximum absolute atomic E-state index is 13.4. The van der Waals surface area contributed by atoms with Gasteiger partial charge in [-0.05, 0) is 23.3 Å². The van der Waals surface area contributed by atoms with Gasteiger partial charge in [0.25, 0.3) is 5.91 Å². The number of benzene rings is 2. The molecule has 6 nitrogen and oxygen atoms in total. The predicted molar refractivity (Wildman–Crippen MR) is 105 cm³/mol. The number of carbonyl (C=O) groups is 1. The first-order valence-electron chi connectivity index (χ1n) is 9.10. The molecule has 10 heteroatoms. The number of halogens is 3. The van der Waals surface area contributed by atoms with Gasteiger partial charge in [0.05, 0.1) is 23.2 Å². The van der Waals surface area contributed by atoms with E-state index in [9.17, 15) is 18.0 Å². The van der Waals surface area contributed by atoms with Crippen molar-refractivity contribution in [3.05, 3.63) is 71.5 Å². The Morgan fingerprint density at radius 3 is 2.70 bits per heavy atom. The smallest absolute Gasteiger partial charge is 0.434 e. The summed E-state index contributed by atoms with van der Waals surface area (Å²) in [7, 11) is 0. The van der Waals surface area contributed by atoms with Gasteiger partial charge < -0.3 is 15.5 Å². The summed E-state index contributed by atoms with van der Waals surface area (Å²) in [6.45, 7) is -0.0453. The van der Waals surface area contributed by atoms with Gasteiger partial charge in [0, 0.05) is 0 Å². The molecule has 0 aliphatic carbocycles. The minimum Gasteiger partial charge on any atom is -0.482 e. The van der Waals surface area contributed by atoms with E-state index in [0.29, 0.717) is 11.4 Å². The van der Waals surface area contributed by atoms with Gasteiger partial charge in [-0.2, -0.15) is 13.2 Å². The second-order valence-electron chi connectivity index (χ2n) is 6.91. The summed E-state index contributed by atoms with van der Waals surface area (Å²) in [5, 5.41) is 2.71. The normalized spacial score (nSPS) is 20.4. The number of thioether (sulfide) groups is 1. The monoisotopic (exact) mass is 432 g/mol. The lowest BCUT2D eigenvalue weighted by atomic mass is 9.98. The molecule has 1 aromatic heterocycles. The van der Waals surface area contributed by atoms with Gasteiger partial charge in [-0.15, -0.1) is 0 Å². The summed E-state index contributed by atoms with van der Waals surface area (Å²) < 4.78 is 46.7. The molecule has 2 unspecified atom stereocenters. The molecule has 2 atom stereocenters. The molecule has 0 radical (unpaired) electrons. The molecule has 30 heavy (non-hydrogen) atoms. The molecule has 1 amide bonds. The Labute approximate surface area is 173 Å². The number of carbonyl (C=O) groups excluding carboxylic acids is 1. The van der Waals surface area contributed by atoms with Crippen molar-refractivity contribution in [3.63, 3.8) is 0 Å². The lowest BCUT2D eigenvalue weighted by Crippen LogP contribution is -2.33. The fourth-order valence-corrected chi connectivity index (χ4v) is 4.81. The molecule has 0 saturated heterocycles. The van der Waals surface area contributed by atoms with Crippen LogP contribution in [0.15, 0.2) is 59.9 Å². The number of aromatic nitrogens is 2. The van der Waals surface area contributed by atoms with Crippen molar-refractivity contribution in [2.24, 2.45) is 0 Å².